The van der Waals surface area contributed by atoms with Gasteiger partial charge < -0.3 is 22.2 Å². The molecule has 0 rings (SSSR count). The maximum absolute atomic E-state index is 10.5. The van der Waals surface area contributed by atoms with Crippen molar-refractivity contribution in [3.63, 3.8) is 0 Å². The summed E-state index contributed by atoms with van der Waals surface area (Å²) in [6, 6.07) is 1.68. The standard InChI is InChI=1S/C17H48O5Si6/c1-17(20-24(5)6)26(9,10)21-28(12,14-13-25(7,8)18)22-27(11,15-19-2)16-23(3)4/h17-18,23-24H,13-16H2,1-12H3. The van der Waals surface area contributed by atoms with Crippen LogP contribution in [-0.4, -0.2) is 75.2 Å². The molecule has 0 saturated carbocycles. The largest absolute Gasteiger partial charge is 0.434 e. The summed E-state index contributed by atoms with van der Waals surface area (Å²) < 4.78 is 25.8. The summed E-state index contributed by atoms with van der Waals surface area (Å²) in [6.07, 6.45) is 0.719. The topological polar surface area (TPSA) is 57.2 Å². The third-order valence-electron chi connectivity index (χ3n) is 4.88. The Labute approximate surface area is 182 Å². The molecule has 170 valence electrons. The molecule has 0 aromatic rings. The molecule has 3 atom stereocenters. The lowest BCUT2D eigenvalue weighted by molar-refractivity contribution is 0.224. The van der Waals surface area contributed by atoms with Gasteiger partial charge in [0.1, 0.15) is 0 Å². The molecule has 0 aromatic heterocycles. The normalized spacial score (nSPS) is 19.0. The second-order valence-electron chi connectivity index (χ2n) is 10.6. The number of hydrogen-bond acceptors (Lipinski definition) is 5. The van der Waals surface area contributed by atoms with Crippen molar-refractivity contribution < 1.29 is 22.2 Å². The maximum atomic E-state index is 10.5. The molecule has 0 amide bonds. The SMILES string of the molecule is COC[Si](C)(C[SiH](C)C)O[Si](C)(CC[Si](C)(C)O)O[Si](C)(C)C(C)O[SiH](C)C. The van der Waals surface area contributed by atoms with E-state index in [9.17, 15) is 4.80 Å². The second-order valence-corrected chi connectivity index (χ2v) is 33.1. The van der Waals surface area contributed by atoms with Gasteiger partial charge in [-0.15, -0.1) is 0 Å². The van der Waals surface area contributed by atoms with Crippen LogP contribution < -0.4 is 0 Å². The molecule has 5 nitrogen and oxygen atoms in total. The van der Waals surface area contributed by atoms with Crippen LogP contribution in [0.25, 0.3) is 0 Å². The lowest BCUT2D eigenvalue weighted by Crippen LogP contribution is -2.61. The monoisotopic (exact) mass is 500 g/mol. The Balaban J connectivity index is 5.67. The smallest absolute Gasteiger partial charge is 0.314 e. The predicted octanol–water partition coefficient (Wildman–Crippen LogP) is 4.21. The van der Waals surface area contributed by atoms with E-state index < -0.39 is 51.4 Å². The van der Waals surface area contributed by atoms with Crippen LogP contribution in [0.3, 0.4) is 0 Å². The Bertz CT molecular complexity index is 460. The van der Waals surface area contributed by atoms with Crippen molar-refractivity contribution in [3.05, 3.63) is 0 Å². The molecule has 0 radical (unpaired) electrons. The molecule has 0 fully saturated rings. The van der Waals surface area contributed by atoms with Crippen LogP contribution in [0, 0.1) is 0 Å². The highest BCUT2D eigenvalue weighted by Gasteiger charge is 2.47. The van der Waals surface area contributed by atoms with Gasteiger partial charge in [0.05, 0.1) is 12.0 Å². The van der Waals surface area contributed by atoms with Gasteiger partial charge >= 0.3 is 8.56 Å². The Morgan fingerprint density at radius 3 is 1.82 bits per heavy atom. The molecule has 0 aliphatic heterocycles. The zero-order valence-corrected chi connectivity index (χ0v) is 27.0. The van der Waals surface area contributed by atoms with E-state index in [-0.39, 0.29) is 5.73 Å². The minimum atomic E-state index is -2.47. The van der Waals surface area contributed by atoms with Gasteiger partial charge in [-0.2, -0.15) is 0 Å². The van der Waals surface area contributed by atoms with Crippen LogP contribution in [0.5, 0.6) is 0 Å². The third-order valence-corrected chi connectivity index (χ3v) is 26.5. The van der Waals surface area contributed by atoms with E-state index in [1.807, 2.05) is 13.1 Å². The van der Waals surface area contributed by atoms with Crippen molar-refractivity contribution in [2.75, 3.05) is 13.3 Å². The molecule has 0 saturated heterocycles. The first kappa shape index (κ1) is 29.1. The van der Waals surface area contributed by atoms with Crippen LogP contribution in [-0.2, 0) is 17.4 Å². The Morgan fingerprint density at radius 2 is 1.43 bits per heavy atom. The van der Waals surface area contributed by atoms with Gasteiger partial charge in [0, 0.05) is 15.9 Å². The van der Waals surface area contributed by atoms with E-state index in [1.54, 1.807) is 7.11 Å². The van der Waals surface area contributed by atoms with Crippen LogP contribution in [0.4, 0.5) is 0 Å². The molecule has 0 heterocycles. The number of hydrogen-bond donors (Lipinski definition) is 1. The number of ether oxygens (including phenoxy) is 1. The molecule has 11 heteroatoms. The summed E-state index contributed by atoms with van der Waals surface area (Å²) in [5.41, 5.74) is 1.35. The zero-order valence-electron chi connectivity index (χ0n) is 20.6. The van der Waals surface area contributed by atoms with Crippen molar-refractivity contribution in [1.82, 2.24) is 0 Å². The van der Waals surface area contributed by atoms with Gasteiger partial charge in [0.25, 0.3) is 0 Å². The van der Waals surface area contributed by atoms with Crippen molar-refractivity contribution in [3.8, 4) is 0 Å². The molecule has 1 N–H and O–H groups in total. The van der Waals surface area contributed by atoms with Crippen LogP contribution >= 0.6 is 0 Å². The number of methoxy groups -OCH3 is 1. The molecule has 0 aromatic carbocycles. The molecule has 0 aliphatic rings. The molecule has 28 heavy (non-hydrogen) atoms. The summed E-state index contributed by atoms with van der Waals surface area (Å²) >= 11 is 0. The fourth-order valence-corrected chi connectivity index (χ4v) is 30.8. The summed E-state index contributed by atoms with van der Waals surface area (Å²) in [4.78, 5) is 10.5. The van der Waals surface area contributed by atoms with E-state index in [2.05, 4.69) is 59.3 Å². The summed E-state index contributed by atoms with van der Waals surface area (Å²) in [5, 5.41) is 0. The average molecular weight is 501 g/mol. The molecule has 0 spiro atoms. The first-order valence-corrected chi connectivity index (χ1v) is 28.1. The minimum Gasteiger partial charge on any atom is -0.434 e. The average Bonchev–Trinajstić information content (AvgIpc) is 2.42. The third kappa shape index (κ3) is 12.1. The summed E-state index contributed by atoms with van der Waals surface area (Å²) in [5.74, 6) is 0. The highest BCUT2D eigenvalue weighted by Crippen LogP contribution is 2.31. The van der Waals surface area contributed by atoms with E-state index in [0.717, 1.165) is 18.3 Å². The first-order valence-electron chi connectivity index (χ1n) is 10.7. The second kappa shape index (κ2) is 11.6. The van der Waals surface area contributed by atoms with Gasteiger partial charge in [0.15, 0.2) is 17.4 Å². The van der Waals surface area contributed by atoms with Crippen LogP contribution in [0.1, 0.15) is 6.92 Å². The molecule has 0 aliphatic carbocycles. The van der Waals surface area contributed by atoms with Crippen molar-refractivity contribution >= 4 is 51.4 Å². The van der Waals surface area contributed by atoms with Gasteiger partial charge in [0.2, 0.25) is 16.6 Å². The van der Waals surface area contributed by atoms with Gasteiger partial charge in [-0.25, -0.2) is 0 Å². The van der Waals surface area contributed by atoms with Gasteiger partial charge in [-0.05, 0) is 77.1 Å². The van der Waals surface area contributed by atoms with Crippen molar-refractivity contribution in [2.45, 2.75) is 95.9 Å². The van der Waals surface area contributed by atoms with E-state index in [4.69, 9.17) is 17.4 Å². The minimum absolute atomic E-state index is 0.156. The van der Waals surface area contributed by atoms with Crippen molar-refractivity contribution in [2.24, 2.45) is 0 Å². The Morgan fingerprint density at radius 1 is 0.893 bits per heavy atom. The molecule has 0 bridgehead atoms. The summed E-state index contributed by atoms with van der Waals surface area (Å²) in [7, 11) is -8.86. The quantitative estimate of drug-likeness (QED) is 0.362. The van der Waals surface area contributed by atoms with Crippen LogP contribution in [0.15, 0.2) is 0 Å². The molecular formula is C17H48O5Si6. The predicted molar refractivity (Wildman–Crippen MR) is 137 cm³/mol. The highest BCUT2D eigenvalue weighted by molar-refractivity contribution is 6.93. The van der Waals surface area contributed by atoms with E-state index in [1.165, 1.54) is 5.67 Å². The fourth-order valence-electron chi connectivity index (χ4n) is 3.69. The first-order chi connectivity index (χ1) is 12.4. The zero-order chi connectivity index (χ0) is 22.4. The Hall–Kier alpha value is 1.10. The van der Waals surface area contributed by atoms with E-state index in [0.29, 0.717) is 0 Å². The van der Waals surface area contributed by atoms with Gasteiger partial charge in [-0.3, -0.25) is 0 Å². The van der Waals surface area contributed by atoms with E-state index >= 15 is 0 Å². The lowest BCUT2D eigenvalue weighted by Gasteiger charge is -2.44. The maximum Gasteiger partial charge on any atom is 0.314 e. The Kier molecular flexibility index (Phi) is 12.1. The molecule has 3 unspecified atom stereocenters. The molecular weight excluding hydrogens is 453 g/mol. The van der Waals surface area contributed by atoms with Gasteiger partial charge in [-0.1, -0.05) is 13.1 Å². The lowest BCUT2D eigenvalue weighted by atomic mass is 10.9. The number of rotatable bonds is 14. The fraction of sp³-hybridized carbons (Fsp3) is 1.00. The van der Waals surface area contributed by atoms with Crippen LogP contribution in [0.2, 0.25) is 83.2 Å². The highest BCUT2D eigenvalue weighted by atomic mass is 28.5. The summed E-state index contributed by atoms with van der Waals surface area (Å²) in [6.45, 7) is 24.4. The van der Waals surface area contributed by atoms with Crippen molar-refractivity contribution in [1.29, 1.82) is 0 Å².